The second kappa shape index (κ2) is 3.78. The lowest BCUT2D eigenvalue weighted by atomic mass is 10.4. The maximum absolute atomic E-state index is 5.68. The summed E-state index contributed by atoms with van der Waals surface area (Å²) < 4.78 is 4.83. The smallest absolute Gasteiger partial charge is 0.210 e. The Morgan fingerprint density at radius 1 is 1.58 bits per heavy atom. The van der Waals surface area contributed by atoms with Crippen LogP contribution in [0, 0.1) is 6.92 Å². The highest BCUT2D eigenvalue weighted by Gasteiger charge is 2.04. The van der Waals surface area contributed by atoms with Crippen LogP contribution in [0.2, 0.25) is 5.15 Å². The number of hydrogen-bond acceptors (Lipinski definition) is 4. The Kier molecular flexibility index (Phi) is 2.94. The lowest BCUT2D eigenvalue weighted by molar-refractivity contribution is 0.414. The Bertz CT molecular complexity index is 296. The van der Waals surface area contributed by atoms with E-state index in [1.165, 1.54) is 7.11 Å². The van der Waals surface area contributed by atoms with Gasteiger partial charge in [-0.2, -0.15) is 0 Å². The van der Waals surface area contributed by atoms with Crippen molar-refractivity contribution in [3.63, 3.8) is 0 Å². The second-order valence-corrected chi connectivity index (χ2v) is 2.87. The van der Waals surface area contributed by atoms with Gasteiger partial charge in [-0.1, -0.05) is 11.6 Å². The first-order valence-electron chi connectivity index (χ1n) is 3.23. The molecule has 0 N–H and O–H groups in total. The zero-order valence-corrected chi connectivity index (χ0v) is 8.24. The van der Waals surface area contributed by atoms with Crippen molar-refractivity contribution in [3.05, 3.63) is 22.7 Å². The number of aryl methyl sites for hydroxylation is 1. The van der Waals surface area contributed by atoms with Crippen molar-refractivity contribution in [2.45, 2.75) is 6.92 Å². The maximum Gasteiger partial charge on any atom is 0.210 e. The van der Waals surface area contributed by atoms with Gasteiger partial charge in [-0.3, -0.25) is 0 Å². The zero-order valence-electron chi connectivity index (χ0n) is 6.67. The first-order chi connectivity index (χ1) is 5.63. The number of methoxy groups -OCH3 is 1. The van der Waals surface area contributed by atoms with E-state index in [2.05, 4.69) is 9.97 Å². The van der Waals surface area contributed by atoms with Crippen LogP contribution in [0.4, 0.5) is 0 Å². The van der Waals surface area contributed by atoms with Crippen molar-refractivity contribution in [3.8, 4) is 0 Å². The van der Waals surface area contributed by atoms with Crippen LogP contribution in [-0.4, -0.2) is 22.1 Å². The average Bonchev–Trinajstić information content (AvgIpc) is 2.01. The molecular formula is C7H7ClN2OS. The molecule has 0 radical (unpaired) electrons. The van der Waals surface area contributed by atoms with Gasteiger partial charge < -0.3 is 4.74 Å². The summed E-state index contributed by atoms with van der Waals surface area (Å²) >= 11 is 10.6. The molecule has 0 bridgehead atoms. The number of nitrogens with zero attached hydrogens (tertiary/aromatic N) is 2. The lowest BCUT2D eigenvalue weighted by Gasteiger charge is -2.01. The molecule has 0 aliphatic heterocycles. The predicted octanol–water partition coefficient (Wildman–Crippen LogP) is 1.76. The Balaban J connectivity index is 3.08. The van der Waals surface area contributed by atoms with Crippen molar-refractivity contribution in [1.29, 1.82) is 0 Å². The summed E-state index contributed by atoms with van der Waals surface area (Å²) in [6.07, 6.45) is 0. The summed E-state index contributed by atoms with van der Waals surface area (Å²) in [6, 6.07) is 1.57. The predicted molar refractivity (Wildman–Crippen MR) is 50.5 cm³/mol. The zero-order chi connectivity index (χ0) is 9.14. The highest BCUT2D eigenvalue weighted by atomic mass is 35.5. The quantitative estimate of drug-likeness (QED) is 0.514. The van der Waals surface area contributed by atoms with Gasteiger partial charge in [0.2, 0.25) is 5.05 Å². The number of halogens is 1. The second-order valence-electron chi connectivity index (χ2n) is 2.11. The van der Waals surface area contributed by atoms with E-state index in [4.69, 9.17) is 28.6 Å². The third-order valence-corrected chi connectivity index (χ3v) is 1.77. The van der Waals surface area contributed by atoms with Crippen LogP contribution >= 0.6 is 23.8 Å². The summed E-state index contributed by atoms with van der Waals surface area (Å²) in [5.74, 6) is 0.580. The number of hydrogen-bond donors (Lipinski definition) is 0. The first-order valence-corrected chi connectivity index (χ1v) is 4.01. The van der Waals surface area contributed by atoms with Gasteiger partial charge in [0.15, 0.2) is 0 Å². The molecule has 3 nitrogen and oxygen atoms in total. The van der Waals surface area contributed by atoms with Crippen LogP contribution in [0.3, 0.4) is 0 Å². The van der Waals surface area contributed by atoms with E-state index >= 15 is 0 Å². The monoisotopic (exact) mass is 202 g/mol. The highest BCUT2D eigenvalue weighted by Crippen LogP contribution is 2.08. The fourth-order valence-corrected chi connectivity index (χ4v) is 1.07. The van der Waals surface area contributed by atoms with Crippen molar-refractivity contribution >= 4 is 28.9 Å². The van der Waals surface area contributed by atoms with E-state index in [1.54, 1.807) is 13.0 Å². The third-order valence-electron chi connectivity index (χ3n) is 1.20. The summed E-state index contributed by atoms with van der Waals surface area (Å²) in [4.78, 5) is 7.93. The number of rotatable bonds is 1. The van der Waals surface area contributed by atoms with Gasteiger partial charge in [-0.05, 0) is 19.1 Å². The van der Waals surface area contributed by atoms with E-state index in [1.807, 2.05) is 0 Å². The van der Waals surface area contributed by atoms with Crippen LogP contribution < -0.4 is 0 Å². The Morgan fingerprint density at radius 3 is 2.75 bits per heavy atom. The average molecular weight is 203 g/mol. The van der Waals surface area contributed by atoms with E-state index in [-0.39, 0.29) is 0 Å². The van der Waals surface area contributed by atoms with Crippen LogP contribution in [0.25, 0.3) is 0 Å². The molecule has 64 valence electrons. The van der Waals surface area contributed by atoms with Gasteiger partial charge in [0, 0.05) is 6.07 Å². The topological polar surface area (TPSA) is 35.0 Å². The molecule has 0 aromatic carbocycles. The summed E-state index contributed by atoms with van der Waals surface area (Å²) in [6.45, 7) is 1.74. The molecule has 1 heterocycles. The van der Waals surface area contributed by atoms with E-state index < -0.39 is 0 Å². The molecule has 1 aromatic rings. The Morgan fingerprint density at radius 2 is 2.25 bits per heavy atom. The molecule has 0 aliphatic carbocycles. The van der Waals surface area contributed by atoms with E-state index in [0.717, 1.165) is 0 Å². The van der Waals surface area contributed by atoms with Gasteiger partial charge in [0.05, 0.1) is 7.11 Å². The van der Waals surface area contributed by atoms with Crippen molar-refractivity contribution in [2.24, 2.45) is 0 Å². The van der Waals surface area contributed by atoms with E-state index in [9.17, 15) is 0 Å². The number of thiocarbonyl (C=S) groups is 1. The molecule has 0 saturated heterocycles. The number of ether oxygens (including phenoxy) is 1. The van der Waals surface area contributed by atoms with Gasteiger partial charge in [0.25, 0.3) is 0 Å². The fraction of sp³-hybridized carbons (Fsp3) is 0.286. The Hall–Kier alpha value is -0.740. The van der Waals surface area contributed by atoms with Crippen LogP contribution in [0.1, 0.15) is 11.5 Å². The third kappa shape index (κ3) is 2.12. The highest BCUT2D eigenvalue weighted by molar-refractivity contribution is 7.80. The van der Waals surface area contributed by atoms with Gasteiger partial charge in [-0.25, -0.2) is 9.97 Å². The summed E-state index contributed by atoms with van der Waals surface area (Å²) in [5, 5.41) is 0.694. The van der Waals surface area contributed by atoms with Gasteiger partial charge in [0.1, 0.15) is 16.7 Å². The summed E-state index contributed by atoms with van der Waals surface area (Å²) in [5.41, 5.74) is 0.546. The molecule has 0 atom stereocenters. The van der Waals surface area contributed by atoms with Crippen molar-refractivity contribution in [2.75, 3.05) is 7.11 Å². The molecule has 0 unspecified atom stereocenters. The summed E-state index contributed by atoms with van der Waals surface area (Å²) in [7, 11) is 1.49. The molecule has 12 heavy (non-hydrogen) atoms. The molecule has 0 spiro atoms. The molecule has 0 fully saturated rings. The molecule has 5 heteroatoms. The van der Waals surface area contributed by atoms with E-state index in [0.29, 0.717) is 21.7 Å². The maximum atomic E-state index is 5.68. The minimum absolute atomic E-state index is 0.322. The SMILES string of the molecule is COC(=S)c1cc(Cl)nc(C)n1. The minimum Gasteiger partial charge on any atom is -0.485 e. The minimum atomic E-state index is 0.322. The molecule has 1 rings (SSSR count). The van der Waals surface area contributed by atoms with Crippen LogP contribution in [0.5, 0.6) is 0 Å². The fourth-order valence-electron chi connectivity index (χ4n) is 0.740. The van der Waals surface area contributed by atoms with Crippen LogP contribution in [0.15, 0.2) is 6.07 Å². The number of aromatic nitrogens is 2. The molecule has 0 saturated carbocycles. The van der Waals surface area contributed by atoms with Gasteiger partial charge >= 0.3 is 0 Å². The molecular weight excluding hydrogens is 196 g/mol. The Labute approximate surface area is 80.7 Å². The standard InChI is InChI=1S/C7H7ClN2OS/c1-4-9-5(7(12)11-2)3-6(8)10-4/h3H,1-2H3. The molecule has 0 aliphatic rings. The first kappa shape index (κ1) is 9.35. The lowest BCUT2D eigenvalue weighted by Crippen LogP contribution is -2.04. The normalized spacial score (nSPS) is 9.58. The van der Waals surface area contributed by atoms with Crippen molar-refractivity contribution < 1.29 is 4.74 Å². The van der Waals surface area contributed by atoms with Gasteiger partial charge in [-0.15, -0.1) is 0 Å². The largest absolute Gasteiger partial charge is 0.485 e. The molecule has 1 aromatic heterocycles. The van der Waals surface area contributed by atoms with Crippen LogP contribution in [-0.2, 0) is 4.74 Å². The van der Waals surface area contributed by atoms with Crippen molar-refractivity contribution in [1.82, 2.24) is 9.97 Å². The molecule has 0 amide bonds.